The average Bonchev–Trinajstić information content (AvgIpc) is 3.30. The Labute approximate surface area is 204 Å². The molecule has 1 aromatic heterocycles. The number of hydrogen-bond donors (Lipinski definition) is 2. The van der Waals surface area contributed by atoms with Gasteiger partial charge in [0.25, 0.3) is 5.89 Å². The fourth-order valence-corrected chi connectivity index (χ4v) is 4.58. The molecule has 2 aliphatic rings. The van der Waals surface area contributed by atoms with Crippen molar-refractivity contribution in [1.29, 1.82) is 0 Å². The van der Waals surface area contributed by atoms with Crippen molar-refractivity contribution >= 4 is 29.9 Å². The highest BCUT2D eigenvalue weighted by molar-refractivity contribution is 5.98. The summed E-state index contributed by atoms with van der Waals surface area (Å²) in [5.41, 5.74) is 2.55. The molecule has 8 nitrogen and oxygen atoms in total. The lowest BCUT2D eigenvalue weighted by molar-refractivity contribution is -0.168. The Morgan fingerprint density at radius 1 is 1.18 bits per heavy atom. The molecule has 1 aliphatic heterocycles. The maximum Gasteiger partial charge on any atom is 0.321 e. The standard InChI is InChI=1S/C25H29N3O5.ClH/c1-16(2)18-7-9-20(10-8-18)22-26-21(27-33-22)19-5-3-17(4-6-19)15-28-13-11-25(12-14-28,23(29)30)24(31)32;/h3-6,9,18H,1,7-8,10-15H2,2H3,(H,29,30)(H,31,32);1H/t18-;/m1./s1. The topological polar surface area (TPSA) is 117 Å². The van der Waals surface area contributed by atoms with Gasteiger partial charge in [-0.1, -0.05) is 47.7 Å². The van der Waals surface area contributed by atoms with Crippen LogP contribution in [0.4, 0.5) is 0 Å². The van der Waals surface area contributed by atoms with E-state index < -0.39 is 17.4 Å². The third-order valence-corrected chi connectivity index (χ3v) is 6.96. The van der Waals surface area contributed by atoms with E-state index in [-0.39, 0.29) is 25.2 Å². The molecule has 2 N–H and O–H groups in total. The predicted molar refractivity (Wildman–Crippen MR) is 129 cm³/mol. The quantitative estimate of drug-likeness (QED) is 0.427. The molecule has 182 valence electrons. The van der Waals surface area contributed by atoms with E-state index in [9.17, 15) is 19.8 Å². The molecular formula is C25H30ClN3O5. The lowest BCUT2D eigenvalue weighted by Gasteiger charge is -2.36. The first kappa shape index (κ1) is 25.6. The number of hydrogen-bond acceptors (Lipinski definition) is 6. The number of piperidine rings is 1. The number of benzene rings is 1. The number of aromatic nitrogens is 2. The number of aliphatic carboxylic acids is 2. The van der Waals surface area contributed by atoms with Gasteiger partial charge in [0.1, 0.15) is 0 Å². The Hall–Kier alpha value is -2.97. The van der Waals surface area contributed by atoms with Crippen molar-refractivity contribution in [1.82, 2.24) is 15.0 Å². The van der Waals surface area contributed by atoms with Crippen LogP contribution in [-0.4, -0.2) is 50.3 Å². The maximum absolute atomic E-state index is 11.5. The second-order valence-corrected chi connectivity index (χ2v) is 9.14. The predicted octanol–water partition coefficient (Wildman–Crippen LogP) is 4.67. The molecule has 0 saturated carbocycles. The van der Waals surface area contributed by atoms with Crippen molar-refractivity contribution in [3.63, 3.8) is 0 Å². The molecule has 1 atom stereocenters. The minimum absolute atomic E-state index is 0. The third-order valence-electron chi connectivity index (χ3n) is 6.96. The van der Waals surface area contributed by atoms with Gasteiger partial charge in [-0.05, 0) is 50.5 Å². The van der Waals surface area contributed by atoms with Gasteiger partial charge in [0.05, 0.1) is 0 Å². The van der Waals surface area contributed by atoms with Gasteiger partial charge in [0, 0.05) is 30.8 Å². The SMILES string of the molecule is C=C(C)[C@@H]1CC=C(c2nc(-c3ccc(CN4CCC(C(=O)O)(C(=O)O)CC4)cc3)no2)CC1.Cl. The van der Waals surface area contributed by atoms with Crippen LogP contribution < -0.4 is 0 Å². The molecule has 9 heteroatoms. The third kappa shape index (κ3) is 5.23. The molecule has 1 aromatic carbocycles. The molecule has 4 rings (SSSR count). The maximum atomic E-state index is 11.5. The molecule has 1 saturated heterocycles. The Bertz CT molecular complexity index is 1070. The van der Waals surface area contributed by atoms with E-state index in [1.807, 2.05) is 24.3 Å². The van der Waals surface area contributed by atoms with Crippen molar-refractivity contribution in [2.24, 2.45) is 11.3 Å². The smallest absolute Gasteiger partial charge is 0.321 e. The Kier molecular flexibility index (Phi) is 7.94. The molecule has 0 bridgehead atoms. The zero-order chi connectivity index (χ0) is 23.6. The Morgan fingerprint density at radius 3 is 2.35 bits per heavy atom. The number of halogens is 1. The lowest BCUT2D eigenvalue weighted by Crippen LogP contribution is -2.48. The molecule has 0 spiro atoms. The molecular weight excluding hydrogens is 458 g/mol. The molecule has 2 aromatic rings. The zero-order valence-electron chi connectivity index (χ0n) is 19.2. The van der Waals surface area contributed by atoms with Crippen LogP contribution in [0.5, 0.6) is 0 Å². The normalized spacial score (nSPS) is 20.1. The second kappa shape index (κ2) is 10.5. The number of rotatable bonds is 7. The lowest BCUT2D eigenvalue weighted by atomic mass is 9.78. The van der Waals surface area contributed by atoms with E-state index in [0.29, 0.717) is 37.3 Å². The second-order valence-electron chi connectivity index (χ2n) is 9.14. The van der Waals surface area contributed by atoms with Crippen LogP contribution in [0.3, 0.4) is 0 Å². The summed E-state index contributed by atoms with van der Waals surface area (Å²) in [7, 11) is 0. The molecule has 0 unspecified atom stereocenters. The fourth-order valence-electron chi connectivity index (χ4n) is 4.58. The van der Waals surface area contributed by atoms with Gasteiger partial charge in [0.2, 0.25) is 5.82 Å². The van der Waals surface area contributed by atoms with Crippen molar-refractivity contribution in [2.75, 3.05) is 13.1 Å². The van der Waals surface area contributed by atoms with Crippen LogP contribution in [0.15, 0.2) is 47.0 Å². The highest BCUT2D eigenvalue weighted by atomic mass is 35.5. The number of carboxylic acids is 2. The Balaban J connectivity index is 0.00000324. The van der Waals surface area contributed by atoms with E-state index >= 15 is 0 Å². The average molecular weight is 488 g/mol. The molecule has 34 heavy (non-hydrogen) atoms. The van der Waals surface area contributed by atoms with E-state index in [0.717, 1.165) is 36.0 Å². The van der Waals surface area contributed by atoms with Crippen LogP contribution in [0.2, 0.25) is 0 Å². The molecule has 0 radical (unpaired) electrons. The largest absolute Gasteiger partial charge is 0.480 e. The van der Waals surface area contributed by atoms with Crippen LogP contribution >= 0.6 is 12.4 Å². The zero-order valence-corrected chi connectivity index (χ0v) is 20.0. The van der Waals surface area contributed by atoms with Crippen molar-refractivity contribution in [2.45, 2.75) is 45.6 Å². The number of carbonyl (C=O) groups is 2. The van der Waals surface area contributed by atoms with Gasteiger partial charge in [-0.15, -0.1) is 12.4 Å². The highest BCUT2D eigenvalue weighted by Crippen LogP contribution is 2.34. The summed E-state index contributed by atoms with van der Waals surface area (Å²) >= 11 is 0. The van der Waals surface area contributed by atoms with Gasteiger partial charge in [-0.3, -0.25) is 14.5 Å². The fraction of sp³-hybridized carbons (Fsp3) is 0.440. The molecule has 2 heterocycles. The Morgan fingerprint density at radius 2 is 1.82 bits per heavy atom. The summed E-state index contributed by atoms with van der Waals surface area (Å²) in [6.07, 6.45) is 5.27. The highest BCUT2D eigenvalue weighted by Gasteiger charge is 2.48. The summed E-state index contributed by atoms with van der Waals surface area (Å²) in [5, 5.41) is 22.9. The van der Waals surface area contributed by atoms with Gasteiger partial charge in [0.15, 0.2) is 5.41 Å². The molecule has 1 fully saturated rings. The summed E-state index contributed by atoms with van der Waals surface area (Å²) in [4.78, 5) is 29.6. The number of nitrogens with zero attached hydrogens (tertiary/aromatic N) is 3. The van der Waals surface area contributed by atoms with Crippen molar-refractivity contribution < 1.29 is 24.3 Å². The van der Waals surface area contributed by atoms with Gasteiger partial charge < -0.3 is 14.7 Å². The molecule has 0 amide bonds. The van der Waals surface area contributed by atoms with E-state index in [4.69, 9.17) is 4.52 Å². The van der Waals surface area contributed by atoms with Crippen LogP contribution in [0, 0.1) is 11.3 Å². The first-order valence-corrected chi connectivity index (χ1v) is 11.3. The summed E-state index contributed by atoms with van der Waals surface area (Å²) < 4.78 is 5.51. The van der Waals surface area contributed by atoms with E-state index in [1.165, 1.54) is 5.57 Å². The first-order valence-electron chi connectivity index (χ1n) is 11.3. The van der Waals surface area contributed by atoms with Crippen LogP contribution in [-0.2, 0) is 16.1 Å². The number of allylic oxidation sites excluding steroid dienone is 3. The minimum atomic E-state index is -1.67. The van der Waals surface area contributed by atoms with Crippen molar-refractivity contribution in [3.8, 4) is 11.4 Å². The summed E-state index contributed by atoms with van der Waals surface area (Å²) in [5.74, 6) is -0.863. The minimum Gasteiger partial charge on any atom is -0.480 e. The van der Waals surface area contributed by atoms with Gasteiger partial charge >= 0.3 is 11.9 Å². The van der Waals surface area contributed by atoms with E-state index in [1.54, 1.807) is 0 Å². The number of carboxylic acid groups (broad SMARTS) is 2. The van der Waals surface area contributed by atoms with E-state index in [2.05, 4.69) is 34.6 Å². The summed E-state index contributed by atoms with van der Waals surface area (Å²) in [6.45, 7) is 7.61. The van der Waals surface area contributed by atoms with Gasteiger partial charge in [-0.2, -0.15) is 4.98 Å². The van der Waals surface area contributed by atoms with Gasteiger partial charge in [-0.25, -0.2) is 0 Å². The van der Waals surface area contributed by atoms with Crippen LogP contribution in [0.25, 0.3) is 17.0 Å². The molecule has 1 aliphatic carbocycles. The summed E-state index contributed by atoms with van der Waals surface area (Å²) in [6, 6.07) is 7.86. The van der Waals surface area contributed by atoms with Crippen LogP contribution in [0.1, 0.15) is 50.5 Å². The number of likely N-dealkylation sites (tertiary alicyclic amines) is 1. The first-order chi connectivity index (χ1) is 15.8. The monoisotopic (exact) mass is 487 g/mol. The van der Waals surface area contributed by atoms with Crippen molar-refractivity contribution in [3.05, 3.63) is 53.9 Å².